The Morgan fingerprint density at radius 1 is 0.833 bits per heavy atom. The second-order valence-corrected chi connectivity index (χ2v) is 2.17. The quantitative estimate of drug-likeness (QED) is 0.391. The van der Waals surface area contributed by atoms with Crippen molar-refractivity contribution in [1.29, 1.82) is 0 Å². The smallest absolute Gasteiger partial charge is 0.0817 e. The summed E-state index contributed by atoms with van der Waals surface area (Å²) in [4.78, 5) is 24.0. The highest BCUT2D eigenvalue weighted by molar-refractivity contribution is 5.47. The Hall–Kier alpha value is -1.62. The van der Waals surface area contributed by atoms with Crippen LogP contribution in [-0.2, 0) is 9.78 Å². The van der Waals surface area contributed by atoms with Crippen molar-refractivity contribution in [2.75, 3.05) is 13.2 Å². The minimum Gasteiger partial charge on any atom is -0.652 e. The summed E-state index contributed by atoms with van der Waals surface area (Å²) in [5, 5.41) is 48.5. The lowest BCUT2D eigenvalue weighted by Crippen LogP contribution is -2.37. The van der Waals surface area contributed by atoms with E-state index in [0.717, 1.165) is 12.8 Å². The molecule has 0 spiro atoms. The molecule has 0 aliphatic carbocycles. The normalized spacial score (nSPS) is 7.33. The Morgan fingerprint density at radius 2 is 1.00 bits per heavy atom. The topological polar surface area (TPSA) is 185 Å². The third-order valence-corrected chi connectivity index (χ3v) is 0.591. The van der Waals surface area contributed by atoms with Crippen LogP contribution in [-0.4, -0.2) is 36.0 Å². The lowest BCUT2D eigenvalue weighted by atomic mass is 10.5. The molecule has 0 aliphatic rings. The van der Waals surface area contributed by atoms with E-state index >= 15 is 0 Å². The summed E-state index contributed by atoms with van der Waals surface area (Å²) in [6, 6.07) is 0. The number of hydrogen-bond acceptors (Lipinski definition) is 10. The lowest BCUT2D eigenvalue weighted by molar-refractivity contribution is -0.417. The number of rotatable bonds is 4. The summed E-state index contributed by atoms with van der Waals surface area (Å²) in [6.07, 6.45) is -2.92. The highest BCUT2D eigenvalue weighted by Crippen LogP contribution is 1.70. The number of hydrogen-bond donors (Lipinski definition) is 2. The maximum absolute atomic E-state index is 8.33. The monoisotopic (exact) mass is 272 g/mol. The van der Waals surface area contributed by atoms with E-state index in [1.807, 2.05) is 13.8 Å². The van der Waals surface area contributed by atoms with Crippen LogP contribution < -0.4 is 20.4 Å². The first kappa shape index (κ1) is 25.3. The zero-order chi connectivity index (χ0) is 15.4. The summed E-state index contributed by atoms with van der Waals surface area (Å²) in [6.45, 7) is 4.74. The van der Waals surface area contributed by atoms with Gasteiger partial charge in [-0.05, 0) is 25.2 Å². The molecule has 0 aromatic carbocycles. The molecular formula is C8H16O10-4. The van der Waals surface area contributed by atoms with Crippen LogP contribution in [0.3, 0.4) is 0 Å². The lowest BCUT2D eigenvalue weighted by Gasteiger charge is -1.96. The molecule has 0 rings (SSSR count). The average Bonchev–Trinajstić information content (AvgIpc) is 2.19. The second kappa shape index (κ2) is 29.5. The zero-order valence-corrected chi connectivity index (χ0v) is 9.99. The van der Waals surface area contributed by atoms with Gasteiger partial charge < -0.3 is 30.0 Å². The molecule has 2 N–H and O–H groups in total. The van der Waals surface area contributed by atoms with Gasteiger partial charge in [-0.1, -0.05) is 13.8 Å². The molecule has 0 unspecified atom stereocenters. The Kier molecular flexibility index (Phi) is 41.5. The molecule has 0 aromatic heterocycles. The van der Waals surface area contributed by atoms with E-state index in [0.29, 0.717) is 13.2 Å². The molecule has 112 valence electrons. The Morgan fingerprint density at radius 3 is 1.00 bits per heavy atom. The number of carbonyl (C=O) groups is 2. The van der Waals surface area contributed by atoms with Gasteiger partial charge in [0, 0.05) is 0 Å². The average molecular weight is 272 g/mol. The molecular weight excluding hydrogens is 256 g/mol. The first-order valence-corrected chi connectivity index (χ1v) is 4.58. The van der Waals surface area contributed by atoms with Crippen molar-refractivity contribution >= 4 is 12.3 Å². The zero-order valence-electron chi connectivity index (χ0n) is 9.99. The Balaban J connectivity index is -0.0000000731. The molecule has 0 aliphatic heterocycles. The molecule has 0 fully saturated rings. The van der Waals surface area contributed by atoms with Gasteiger partial charge in [0.1, 0.15) is 0 Å². The maximum Gasteiger partial charge on any atom is 0.0817 e. The van der Waals surface area contributed by atoms with Gasteiger partial charge >= 0.3 is 0 Å². The SMILES string of the molecule is CCCOO.CCCOO.O=C([O-])[O-].O=C([O-])[O-]. The van der Waals surface area contributed by atoms with Crippen LogP contribution in [0.25, 0.3) is 0 Å². The summed E-state index contributed by atoms with van der Waals surface area (Å²) < 4.78 is 0. The van der Waals surface area contributed by atoms with E-state index in [9.17, 15) is 0 Å². The molecule has 0 saturated heterocycles. The minimum atomic E-state index is -2.33. The standard InChI is InChI=1S/2C3H8O2.2CH2O3/c2*1-2-3-5-4;2*2-1(3)4/h2*4H,2-3H2,1H3;2*(H2,2,3,4)/p-4. The van der Waals surface area contributed by atoms with Crippen LogP contribution in [0.5, 0.6) is 0 Å². The second-order valence-electron chi connectivity index (χ2n) is 2.17. The van der Waals surface area contributed by atoms with E-state index in [2.05, 4.69) is 9.78 Å². The van der Waals surface area contributed by atoms with Crippen LogP contribution in [0.2, 0.25) is 0 Å². The molecule has 0 radical (unpaired) electrons. The van der Waals surface area contributed by atoms with Crippen molar-refractivity contribution in [3.63, 3.8) is 0 Å². The summed E-state index contributed by atoms with van der Waals surface area (Å²) in [5.41, 5.74) is 0. The van der Waals surface area contributed by atoms with Crippen LogP contribution in [0.15, 0.2) is 0 Å². The van der Waals surface area contributed by atoms with Crippen LogP contribution >= 0.6 is 0 Å². The van der Waals surface area contributed by atoms with E-state index in [-0.39, 0.29) is 0 Å². The molecule has 0 amide bonds. The molecule has 10 heteroatoms. The predicted octanol–water partition coefficient (Wildman–Crippen LogP) is -3.12. The molecule has 10 nitrogen and oxygen atoms in total. The highest BCUT2D eigenvalue weighted by Gasteiger charge is 1.68. The molecule has 0 saturated carbocycles. The Labute approximate surface area is 103 Å². The highest BCUT2D eigenvalue weighted by atomic mass is 17.1. The van der Waals surface area contributed by atoms with Crippen molar-refractivity contribution in [3.05, 3.63) is 0 Å². The van der Waals surface area contributed by atoms with E-state index in [4.69, 9.17) is 40.5 Å². The van der Waals surface area contributed by atoms with Gasteiger partial charge in [0.25, 0.3) is 0 Å². The number of carboxylic acid groups (broad SMARTS) is 4. The molecule has 0 heterocycles. The van der Waals surface area contributed by atoms with E-state index < -0.39 is 12.3 Å². The minimum absolute atomic E-state index is 0.444. The van der Waals surface area contributed by atoms with Crippen molar-refractivity contribution in [2.24, 2.45) is 0 Å². The summed E-state index contributed by atoms with van der Waals surface area (Å²) >= 11 is 0. The fraction of sp³-hybridized carbons (Fsp3) is 0.750. The van der Waals surface area contributed by atoms with Crippen molar-refractivity contribution < 1.29 is 50.3 Å². The van der Waals surface area contributed by atoms with Gasteiger partial charge in [-0.2, -0.15) is 0 Å². The first-order valence-electron chi connectivity index (χ1n) is 4.58. The van der Waals surface area contributed by atoms with E-state index in [1.54, 1.807) is 0 Å². The predicted molar refractivity (Wildman–Crippen MR) is 48.5 cm³/mol. The van der Waals surface area contributed by atoms with Gasteiger partial charge in [-0.15, -0.1) is 0 Å². The van der Waals surface area contributed by atoms with Crippen LogP contribution in [0, 0.1) is 0 Å². The molecule has 0 aromatic rings. The van der Waals surface area contributed by atoms with Crippen LogP contribution in [0.4, 0.5) is 9.59 Å². The van der Waals surface area contributed by atoms with Gasteiger partial charge in [-0.3, -0.25) is 10.5 Å². The summed E-state index contributed by atoms with van der Waals surface area (Å²) in [7, 11) is 0. The fourth-order valence-corrected chi connectivity index (χ4v) is 0.183. The Bertz CT molecular complexity index is 130. The van der Waals surface area contributed by atoms with Gasteiger partial charge in [-0.25, -0.2) is 9.78 Å². The molecule has 0 bridgehead atoms. The molecule has 18 heavy (non-hydrogen) atoms. The van der Waals surface area contributed by atoms with Crippen molar-refractivity contribution in [2.45, 2.75) is 26.7 Å². The van der Waals surface area contributed by atoms with Gasteiger partial charge in [0.05, 0.1) is 13.2 Å². The molecule has 0 atom stereocenters. The number of carbonyl (C=O) groups excluding carboxylic acids is 2. The summed E-state index contributed by atoms with van der Waals surface area (Å²) in [5.74, 6) is 0. The maximum atomic E-state index is 8.33. The van der Waals surface area contributed by atoms with Gasteiger partial charge in [0.2, 0.25) is 0 Å². The van der Waals surface area contributed by atoms with E-state index in [1.165, 1.54) is 0 Å². The third-order valence-electron chi connectivity index (χ3n) is 0.591. The largest absolute Gasteiger partial charge is 0.652 e. The van der Waals surface area contributed by atoms with Crippen molar-refractivity contribution in [1.82, 2.24) is 0 Å². The van der Waals surface area contributed by atoms with Gasteiger partial charge in [0.15, 0.2) is 0 Å². The fourth-order valence-electron chi connectivity index (χ4n) is 0.183. The first-order chi connectivity index (χ1) is 8.29. The van der Waals surface area contributed by atoms with Crippen molar-refractivity contribution in [3.8, 4) is 0 Å². The van der Waals surface area contributed by atoms with Crippen LogP contribution in [0.1, 0.15) is 26.7 Å². The third kappa shape index (κ3) is 454.